The van der Waals surface area contributed by atoms with Crippen molar-refractivity contribution in [2.75, 3.05) is 0 Å². The van der Waals surface area contributed by atoms with E-state index in [-0.39, 0.29) is 12.0 Å². The Labute approximate surface area is 153 Å². The van der Waals surface area contributed by atoms with Gasteiger partial charge in [-0.05, 0) is 65.0 Å². The topological polar surface area (TPSA) is 35.5 Å². The van der Waals surface area contributed by atoms with E-state index >= 15 is 0 Å². The highest BCUT2D eigenvalue weighted by Gasteiger charge is 2.28. The molecule has 0 radical (unpaired) electrons. The van der Waals surface area contributed by atoms with Crippen LogP contribution in [0.25, 0.3) is 0 Å². The Morgan fingerprint density at radius 2 is 1.29 bits per heavy atom. The Kier molecular flexibility index (Phi) is 10.9. The van der Waals surface area contributed by atoms with Crippen molar-refractivity contribution in [3.63, 3.8) is 0 Å². The maximum absolute atomic E-state index is 12.4. The molecule has 144 valence electrons. The van der Waals surface area contributed by atoms with E-state index in [0.717, 1.165) is 19.3 Å². The van der Waals surface area contributed by atoms with E-state index in [1.807, 2.05) is 0 Å². The van der Waals surface area contributed by atoms with Gasteiger partial charge in [0.1, 0.15) is 6.10 Å². The zero-order valence-electron chi connectivity index (χ0n) is 17.7. The fraction of sp³-hybridized carbons (Fsp3) is 0.947. The van der Waals surface area contributed by atoms with Crippen molar-refractivity contribution in [1.82, 2.24) is 0 Å². The number of carbonyl (C=O) groups is 1. The van der Waals surface area contributed by atoms with Gasteiger partial charge in [-0.3, -0.25) is 4.79 Å². The molecule has 0 rings (SSSR count). The summed E-state index contributed by atoms with van der Waals surface area (Å²) in [5.41, 5.74) is 0. The third-order valence-corrected chi connectivity index (χ3v) is 5.81. The number of hydrogen-bond donors (Lipinski definition) is 0. The molecule has 24 heavy (non-hydrogen) atoms. The minimum Gasteiger partial charge on any atom is -0.415 e. The highest BCUT2D eigenvalue weighted by molar-refractivity contribution is 6.70. The van der Waals surface area contributed by atoms with Crippen LogP contribution < -0.4 is 0 Å². The molecule has 0 aliphatic heterocycles. The van der Waals surface area contributed by atoms with Gasteiger partial charge in [-0.15, -0.1) is 0 Å². The second-order valence-corrected chi connectivity index (χ2v) is 18.3. The average Bonchev–Trinajstić information content (AvgIpc) is 2.36. The predicted molar refractivity (Wildman–Crippen MR) is 110 cm³/mol. The summed E-state index contributed by atoms with van der Waals surface area (Å²) < 4.78 is 12.2. The van der Waals surface area contributed by atoms with Crippen LogP contribution in [-0.2, 0) is 13.6 Å². The highest BCUT2D eigenvalue weighted by Crippen LogP contribution is 2.19. The van der Waals surface area contributed by atoms with Gasteiger partial charge in [0.2, 0.25) is 0 Å². The SMILES string of the molecule is CC(CCCCCCC(=O)C(O[Si](C)(C)C)C(C)C)O[Si](C)(C)C. The van der Waals surface area contributed by atoms with Gasteiger partial charge in [-0.25, -0.2) is 0 Å². The van der Waals surface area contributed by atoms with E-state index in [4.69, 9.17) is 8.85 Å². The summed E-state index contributed by atoms with van der Waals surface area (Å²) in [6.07, 6.45) is 6.45. The number of carbonyl (C=O) groups excluding carboxylic acids is 1. The Morgan fingerprint density at radius 3 is 1.75 bits per heavy atom. The van der Waals surface area contributed by atoms with Crippen LogP contribution in [0.4, 0.5) is 0 Å². The molecular weight excluding hydrogens is 332 g/mol. The fourth-order valence-electron chi connectivity index (χ4n) is 2.84. The first-order valence-electron chi connectivity index (χ1n) is 9.70. The van der Waals surface area contributed by atoms with E-state index in [2.05, 4.69) is 60.1 Å². The molecule has 0 aromatic carbocycles. The van der Waals surface area contributed by atoms with Crippen LogP contribution in [0.1, 0.15) is 59.3 Å². The predicted octanol–water partition coefficient (Wildman–Crippen LogP) is 6.01. The van der Waals surface area contributed by atoms with Crippen molar-refractivity contribution in [3.8, 4) is 0 Å². The fourth-order valence-corrected chi connectivity index (χ4v) is 5.33. The second kappa shape index (κ2) is 10.9. The summed E-state index contributed by atoms with van der Waals surface area (Å²) >= 11 is 0. The molecule has 0 N–H and O–H groups in total. The number of Topliss-reactive ketones (excluding diaryl/α,β-unsaturated/α-hetero) is 1. The number of unbranched alkanes of at least 4 members (excludes halogenated alkanes) is 3. The lowest BCUT2D eigenvalue weighted by atomic mass is 9.98. The molecule has 2 unspecified atom stereocenters. The molecule has 0 spiro atoms. The third kappa shape index (κ3) is 13.3. The van der Waals surface area contributed by atoms with Crippen LogP contribution in [-0.4, -0.2) is 34.6 Å². The summed E-state index contributed by atoms with van der Waals surface area (Å²) in [5.74, 6) is 0.562. The summed E-state index contributed by atoms with van der Waals surface area (Å²) in [5, 5.41) is 0. The normalized spacial score (nSPS) is 15.6. The minimum atomic E-state index is -1.67. The molecule has 0 aliphatic rings. The van der Waals surface area contributed by atoms with E-state index < -0.39 is 16.6 Å². The molecule has 0 saturated heterocycles. The molecule has 0 heterocycles. The van der Waals surface area contributed by atoms with Gasteiger partial charge in [-0.2, -0.15) is 0 Å². The molecule has 5 heteroatoms. The molecular formula is C19H42O3Si2. The van der Waals surface area contributed by atoms with E-state index in [1.165, 1.54) is 12.8 Å². The molecule has 0 saturated carbocycles. The van der Waals surface area contributed by atoms with Gasteiger partial charge >= 0.3 is 0 Å². The summed E-state index contributed by atoms with van der Waals surface area (Å²) in [6.45, 7) is 19.5. The largest absolute Gasteiger partial charge is 0.415 e. The molecule has 2 atom stereocenters. The van der Waals surface area contributed by atoms with Crippen LogP contribution in [0.3, 0.4) is 0 Å². The molecule has 0 aromatic heterocycles. The number of hydrogen-bond acceptors (Lipinski definition) is 3. The molecule has 0 amide bonds. The molecule has 0 aliphatic carbocycles. The monoisotopic (exact) mass is 374 g/mol. The zero-order valence-corrected chi connectivity index (χ0v) is 19.7. The maximum atomic E-state index is 12.4. The van der Waals surface area contributed by atoms with Crippen molar-refractivity contribution in [1.29, 1.82) is 0 Å². The quantitative estimate of drug-likeness (QED) is 0.292. The van der Waals surface area contributed by atoms with Gasteiger partial charge < -0.3 is 8.85 Å². The van der Waals surface area contributed by atoms with Crippen LogP contribution in [0.2, 0.25) is 39.3 Å². The Balaban J connectivity index is 3.95. The van der Waals surface area contributed by atoms with Crippen molar-refractivity contribution in [2.45, 2.75) is 111 Å². The summed E-state index contributed by atoms with van der Waals surface area (Å²) in [6, 6.07) is 0. The Bertz CT molecular complexity index is 357. The van der Waals surface area contributed by atoms with Crippen LogP contribution in [0.15, 0.2) is 0 Å². The van der Waals surface area contributed by atoms with Crippen LogP contribution >= 0.6 is 0 Å². The van der Waals surface area contributed by atoms with E-state index in [1.54, 1.807) is 0 Å². The summed E-state index contributed by atoms with van der Waals surface area (Å²) in [4.78, 5) is 12.4. The van der Waals surface area contributed by atoms with Crippen LogP contribution in [0.5, 0.6) is 0 Å². The first-order valence-corrected chi connectivity index (χ1v) is 16.5. The third-order valence-electron chi connectivity index (χ3n) is 3.74. The van der Waals surface area contributed by atoms with Gasteiger partial charge in [0.25, 0.3) is 0 Å². The first-order chi connectivity index (χ1) is 10.8. The van der Waals surface area contributed by atoms with Crippen molar-refractivity contribution >= 4 is 22.4 Å². The zero-order chi connectivity index (χ0) is 19.0. The van der Waals surface area contributed by atoms with Crippen molar-refractivity contribution in [3.05, 3.63) is 0 Å². The number of ketones is 1. The Morgan fingerprint density at radius 1 is 0.792 bits per heavy atom. The molecule has 0 aromatic rings. The van der Waals surface area contributed by atoms with Crippen molar-refractivity contribution in [2.24, 2.45) is 5.92 Å². The lowest BCUT2D eigenvalue weighted by molar-refractivity contribution is -0.128. The number of rotatable bonds is 13. The lowest BCUT2D eigenvalue weighted by Crippen LogP contribution is -2.39. The second-order valence-electron chi connectivity index (χ2n) is 9.35. The van der Waals surface area contributed by atoms with Gasteiger partial charge in [0.15, 0.2) is 22.4 Å². The van der Waals surface area contributed by atoms with Crippen LogP contribution in [0, 0.1) is 5.92 Å². The minimum absolute atomic E-state index is 0.207. The van der Waals surface area contributed by atoms with E-state index in [9.17, 15) is 4.79 Å². The van der Waals surface area contributed by atoms with Gasteiger partial charge in [-0.1, -0.05) is 33.1 Å². The summed E-state index contributed by atoms with van der Waals surface area (Å²) in [7, 11) is -3.08. The van der Waals surface area contributed by atoms with Gasteiger partial charge in [0.05, 0.1) is 0 Å². The molecule has 0 bridgehead atoms. The Hall–Kier alpha value is 0.0238. The lowest BCUT2D eigenvalue weighted by Gasteiger charge is -2.28. The smallest absolute Gasteiger partial charge is 0.184 e. The van der Waals surface area contributed by atoms with Gasteiger partial charge in [0, 0.05) is 12.5 Å². The first kappa shape index (κ1) is 24.0. The van der Waals surface area contributed by atoms with Crippen molar-refractivity contribution < 1.29 is 13.6 Å². The maximum Gasteiger partial charge on any atom is 0.184 e. The molecule has 0 fully saturated rings. The van der Waals surface area contributed by atoms with E-state index in [0.29, 0.717) is 18.3 Å². The molecule has 3 nitrogen and oxygen atoms in total. The average molecular weight is 375 g/mol. The standard InChI is InChI=1S/C19H42O3Si2/c1-16(2)19(22-24(7,8)9)18(20)15-13-11-10-12-14-17(3)21-23(4,5)6/h16-17,19H,10-15H2,1-9H3. The highest BCUT2D eigenvalue weighted by atomic mass is 28.4.